The number of ketones is 1. The maximum absolute atomic E-state index is 12.7. The summed E-state index contributed by atoms with van der Waals surface area (Å²) in [4.78, 5) is 37.4. The summed E-state index contributed by atoms with van der Waals surface area (Å²) in [6.45, 7) is 9.35. The van der Waals surface area contributed by atoms with E-state index in [1.54, 1.807) is 6.92 Å². The monoisotopic (exact) mass is 440 g/mol. The number of unbranched alkanes of at least 4 members (excludes halogenated alkanes) is 5. The number of rotatable bonds is 18. The average molecular weight is 441 g/mol. The number of hydrogen-bond acceptors (Lipinski definition) is 6. The Bertz CT molecular complexity index is 566. The van der Waals surface area contributed by atoms with Gasteiger partial charge in [-0.2, -0.15) is 0 Å². The van der Waals surface area contributed by atoms with E-state index in [4.69, 9.17) is 11.5 Å². The lowest BCUT2D eigenvalue weighted by molar-refractivity contribution is -0.133. The van der Waals surface area contributed by atoms with Crippen LogP contribution in [0.2, 0.25) is 0 Å². The van der Waals surface area contributed by atoms with Crippen molar-refractivity contribution in [2.24, 2.45) is 17.4 Å². The van der Waals surface area contributed by atoms with E-state index in [0.717, 1.165) is 19.3 Å². The summed E-state index contributed by atoms with van der Waals surface area (Å²) in [6.07, 6.45) is 7.17. The van der Waals surface area contributed by atoms with E-state index in [-0.39, 0.29) is 37.0 Å². The van der Waals surface area contributed by atoms with Crippen LogP contribution in [0.15, 0.2) is 12.2 Å². The SMILES string of the molecule is C=C(C)C(=O)[C@H](CCN)NC(=O)[C@@H](NC(=O)CC(CN)CCCCCCCC)C(C)O. The van der Waals surface area contributed by atoms with Crippen LogP contribution < -0.4 is 22.1 Å². The van der Waals surface area contributed by atoms with Crippen LogP contribution in [0.1, 0.15) is 78.6 Å². The van der Waals surface area contributed by atoms with Crippen LogP contribution >= 0.6 is 0 Å². The minimum atomic E-state index is -1.17. The number of nitrogens with two attached hydrogens (primary N) is 2. The molecule has 0 aliphatic rings. The highest BCUT2D eigenvalue weighted by atomic mass is 16.3. The molecule has 0 saturated heterocycles. The summed E-state index contributed by atoms with van der Waals surface area (Å²) >= 11 is 0. The molecule has 7 N–H and O–H groups in total. The summed E-state index contributed by atoms with van der Waals surface area (Å²) in [5.74, 6) is -1.27. The number of carbonyl (C=O) groups is 3. The maximum atomic E-state index is 12.7. The van der Waals surface area contributed by atoms with E-state index in [9.17, 15) is 19.5 Å². The van der Waals surface area contributed by atoms with Crippen molar-refractivity contribution < 1.29 is 19.5 Å². The second kappa shape index (κ2) is 16.9. The van der Waals surface area contributed by atoms with Gasteiger partial charge in [-0.15, -0.1) is 0 Å². The lowest BCUT2D eigenvalue weighted by atomic mass is 9.96. The molecule has 0 spiro atoms. The zero-order valence-corrected chi connectivity index (χ0v) is 19.6. The largest absolute Gasteiger partial charge is 0.391 e. The smallest absolute Gasteiger partial charge is 0.245 e. The molecule has 0 heterocycles. The molecule has 0 aromatic heterocycles. The summed E-state index contributed by atoms with van der Waals surface area (Å²) < 4.78 is 0. The maximum Gasteiger partial charge on any atom is 0.245 e. The first-order chi connectivity index (χ1) is 14.7. The van der Waals surface area contributed by atoms with Crippen molar-refractivity contribution in [3.63, 3.8) is 0 Å². The summed E-state index contributed by atoms with van der Waals surface area (Å²) in [6, 6.07) is -2.00. The Morgan fingerprint density at radius 1 is 1.00 bits per heavy atom. The Kier molecular flexibility index (Phi) is 15.9. The molecule has 0 fully saturated rings. The van der Waals surface area contributed by atoms with Crippen molar-refractivity contribution in [3.8, 4) is 0 Å². The second-order valence-corrected chi connectivity index (χ2v) is 8.43. The van der Waals surface area contributed by atoms with Gasteiger partial charge in [0.05, 0.1) is 12.1 Å². The van der Waals surface area contributed by atoms with Crippen LogP contribution in [0, 0.1) is 5.92 Å². The molecule has 0 bridgehead atoms. The van der Waals surface area contributed by atoms with Crippen molar-refractivity contribution in [1.82, 2.24) is 10.6 Å². The van der Waals surface area contributed by atoms with Crippen LogP contribution in [0.3, 0.4) is 0 Å². The first-order valence-electron chi connectivity index (χ1n) is 11.5. The molecular formula is C23H44N4O4. The van der Waals surface area contributed by atoms with Gasteiger partial charge in [0, 0.05) is 6.42 Å². The van der Waals surface area contributed by atoms with Gasteiger partial charge in [0.25, 0.3) is 0 Å². The molecular weight excluding hydrogens is 396 g/mol. The highest BCUT2D eigenvalue weighted by Crippen LogP contribution is 2.15. The zero-order valence-electron chi connectivity index (χ0n) is 19.6. The molecule has 31 heavy (non-hydrogen) atoms. The van der Waals surface area contributed by atoms with Gasteiger partial charge in [-0.25, -0.2) is 0 Å². The Hall–Kier alpha value is -1.77. The molecule has 0 aromatic rings. The number of hydrogen-bond donors (Lipinski definition) is 5. The quantitative estimate of drug-likeness (QED) is 0.161. The number of nitrogens with one attached hydrogen (secondary N) is 2. The van der Waals surface area contributed by atoms with Crippen LogP contribution in [0.5, 0.6) is 0 Å². The molecule has 0 saturated carbocycles. The van der Waals surface area contributed by atoms with Gasteiger partial charge in [0.1, 0.15) is 6.04 Å². The fourth-order valence-electron chi connectivity index (χ4n) is 3.41. The predicted octanol–water partition coefficient (Wildman–Crippen LogP) is 1.55. The van der Waals surface area contributed by atoms with Gasteiger partial charge in [-0.1, -0.05) is 52.0 Å². The second-order valence-electron chi connectivity index (χ2n) is 8.43. The Balaban J connectivity index is 4.77. The molecule has 4 atom stereocenters. The third-order valence-corrected chi connectivity index (χ3v) is 5.36. The number of amides is 2. The minimum absolute atomic E-state index is 0.0267. The molecule has 180 valence electrons. The van der Waals surface area contributed by atoms with E-state index in [1.165, 1.54) is 32.6 Å². The van der Waals surface area contributed by atoms with Crippen LogP contribution in [0.4, 0.5) is 0 Å². The summed E-state index contributed by atoms with van der Waals surface area (Å²) in [7, 11) is 0. The van der Waals surface area contributed by atoms with Gasteiger partial charge in [0.15, 0.2) is 5.78 Å². The molecule has 0 aliphatic carbocycles. The molecule has 0 aromatic carbocycles. The van der Waals surface area contributed by atoms with Crippen molar-refractivity contribution in [2.75, 3.05) is 13.1 Å². The van der Waals surface area contributed by atoms with Crippen molar-refractivity contribution >= 4 is 17.6 Å². The lowest BCUT2D eigenvalue weighted by Gasteiger charge is -2.25. The fraction of sp³-hybridized carbons (Fsp3) is 0.783. The zero-order chi connectivity index (χ0) is 23.8. The Labute approximate surface area is 187 Å². The highest BCUT2D eigenvalue weighted by Gasteiger charge is 2.30. The molecule has 0 radical (unpaired) electrons. The topological polar surface area (TPSA) is 148 Å². The summed E-state index contributed by atoms with van der Waals surface area (Å²) in [5, 5.41) is 15.2. The van der Waals surface area contributed by atoms with Crippen molar-refractivity contribution in [2.45, 2.75) is 96.7 Å². The van der Waals surface area contributed by atoms with E-state index in [1.807, 2.05) is 0 Å². The van der Waals surface area contributed by atoms with Gasteiger partial charge < -0.3 is 27.2 Å². The Morgan fingerprint density at radius 3 is 2.13 bits per heavy atom. The molecule has 0 aliphatic heterocycles. The number of aliphatic hydroxyl groups excluding tert-OH is 1. The number of aliphatic hydroxyl groups is 1. The summed E-state index contributed by atoms with van der Waals surface area (Å²) in [5.41, 5.74) is 11.7. The Morgan fingerprint density at radius 2 is 1.61 bits per heavy atom. The number of carbonyl (C=O) groups excluding carboxylic acids is 3. The first-order valence-corrected chi connectivity index (χ1v) is 11.5. The average Bonchev–Trinajstić information content (AvgIpc) is 2.72. The lowest BCUT2D eigenvalue weighted by Crippen LogP contribution is -2.56. The van der Waals surface area contributed by atoms with E-state index >= 15 is 0 Å². The number of Topliss-reactive ketones (excluding diaryl/α,β-unsaturated/α-hetero) is 1. The third-order valence-electron chi connectivity index (χ3n) is 5.36. The normalized spacial score (nSPS) is 14.9. The highest BCUT2D eigenvalue weighted by molar-refractivity contribution is 6.01. The van der Waals surface area contributed by atoms with Gasteiger partial charge >= 0.3 is 0 Å². The molecule has 8 nitrogen and oxygen atoms in total. The van der Waals surface area contributed by atoms with Crippen LogP contribution in [-0.4, -0.2) is 54.0 Å². The van der Waals surface area contributed by atoms with E-state index in [2.05, 4.69) is 24.1 Å². The first kappa shape index (κ1) is 29.2. The predicted molar refractivity (Wildman–Crippen MR) is 124 cm³/mol. The molecule has 2 unspecified atom stereocenters. The molecule has 0 rings (SSSR count). The third kappa shape index (κ3) is 12.6. The van der Waals surface area contributed by atoms with E-state index in [0.29, 0.717) is 12.1 Å². The van der Waals surface area contributed by atoms with Gasteiger partial charge in [-0.05, 0) is 51.3 Å². The standard InChI is InChI=1S/C23H44N4O4/c1-5-6-7-8-9-10-11-18(15-25)14-20(29)27-21(17(4)28)23(31)26-19(12-13-24)22(30)16(2)3/h17-19,21,28H,2,5-15,24-25H2,1,3-4H3,(H,26,31)(H,27,29)/t17?,18?,19-,21-/m0/s1. The molecule has 8 heteroatoms. The molecule has 2 amide bonds. The fourth-order valence-corrected chi connectivity index (χ4v) is 3.41. The van der Waals surface area contributed by atoms with Crippen LogP contribution in [0.25, 0.3) is 0 Å². The minimum Gasteiger partial charge on any atom is -0.391 e. The van der Waals surface area contributed by atoms with E-state index < -0.39 is 24.1 Å². The van der Waals surface area contributed by atoms with Crippen LogP contribution in [-0.2, 0) is 14.4 Å². The van der Waals surface area contributed by atoms with Gasteiger partial charge in [0.2, 0.25) is 11.8 Å². The van der Waals surface area contributed by atoms with Gasteiger partial charge in [-0.3, -0.25) is 14.4 Å². The van der Waals surface area contributed by atoms with Crippen molar-refractivity contribution in [3.05, 3.63) is 12.2 Å². The van der Waals surface area contributed by atoms with Crippen molar-refractivity contribution in [1.29, 1.82) is 0 Å².